The van der Waals surface area contributed by atoms with Gasteiger partial charge in [-0.25, -0.2) is 4.68 Å². The normalized spacial score (nSPS) is 15.5. The molecule has 0 aliphatic heterocycles. The van der Waals surface area contributed by atoms with Crippen molar-refractivity contribution in [2.24, 2.45) is 0 Å². The average molecular weight is 267 g/mol. The van der Waals surface area contributed by atoms with Crippen LogP contribution in [0.5, 0.6) is 0 Å². The second-order valence-electron chi connectivity index (χ2n) is 4.58. The van der Waals surface area contributed by atoms with E-state index in [4.69, 9.17) is 0 Å². The van der Waals surface area contributed by atoms with Crippen LogP contribution in [0, 0.1) is 0 Å². The number of benzene rings is 1. The lowest BCUT2D eigenvalue weighted by molar-refractivity contribution is -0.141. The number of hydrogen-bond acceptors (Lipinski definition) is 2. The fourth-order valence-corrected chi connectivity index (χ4v) is 1.83. The third kappa shape index (κ3) is 2.57. The third-order valence-electron chi connectivity index (χ3n) is 2.93. The summed E-state index contributed by atoms with van der Waals surface area (Å²) in [6, 6.07) is 10.1. The van der Waals surface area contributed by atoms with E-state index >= 15 is 0 Å². The van der Waals surface area contributed by atoms with Crippen LogP contribution in [0.25, 0.3) is 5.69 Å². The van der Waals surface area contributed by atoms with Gasteiger partial charge in [-0.05, 0) is 25.0 Å². The molecule has 0 radical (unpaired) electrons. The molecule has 0 spiro atoms. The number of halogens is 3. The first kappa shape index (κ1) is 12.1. The number of nitrogens with zero attached hydrogens (tertiary/aromatic N) is 2. The van der Waals surface area contributed by atoms with Crippen LogP contribution >= 0.6 is 0 Å². The molecule has 2 aromatic rings. The van der Waals surface area contributed by atoms with Crippen LogP contribution in [-0.2, 0) is 6.18 Å². The predicted octanol–water partition coefficient (Wildman–Crippen LogP) is 3.47. The molecular formula is C13H12F3N3. The lowest BCUT2D eigenvalue weighted by Gasteiger charge is -2.08. The lowest BCUT2D eigenvalue weighted by Crippen LogP contribution is -2.09. The van der Waals surface area contributed by atoms with Gasteiger partial charge in [-0.3, -0.25) is 0 Å². The number of para-hydroxylation sites is 1. The van der Waals surface area contributed by atoms with Crippen molar-refractivity contribution in [3.63, 3.8) is 0 Å². The standard InChI is InChI=1S/C13H12F3N3/c14-13(15,16)11-8-12(17-9-6-7-9)19(18-11)10-4-2-1-3-5-10/h1-5,8-9,17H,6-7H2. The number of aromatic nitrogens is 2. The van der Waals surface area contributed by atoms with Crippen LogP contribution in [-0.4, -0.2) is 15.8 Å². The van der Waals surface area contributed by atoms with Crippen molar-refractivity contribution in [1.29, 1.82) is 0 Å². The molecule has 1 aliphatic carbocycles. The number of hydrogen-bond donors (Lipinski definition) is 1. The number of alkyl halides is 3. The Balaban J connectivity index is 2.02. The van der Waals surface area contributed by atoms with E-state index in [0.717, 1.165) is 18.9 Å². The maximum Gasteiger partial charge on any atom is 0.435 e. The van der Waals surface area contributed by atoms with Gasteiger partial charge in [0.15, 0.2) is 5.69 Å². The molecule has 3 rings (SSSR count). The van der Waals surface area contributed by atoms with Crippen molar-refractivity contribution >= 4 is 5.82 Å². The van der Waals surface area contributed by atoms with Gasteiger partial charge < -0.3 is 5.32 Å². The van der Waals surface area contributed by atoms with E-state index in [2.05, 4.69) is 10.4 Å². The van der Waals surface area contributed by atoms with Crippen molar-refractivity contribution < 1.29 is 13.2 Å². The lowest BCUT2D eigenvalue weighted by atomic mass is 10.3. The van der Waals surface area contributed by atoms with E-state index in [1.807, 2.05) is 6.07 Å². The molecule has 1 fully saturated rings. The van der Waals surface area contributed by atoms with E-state index in [0.29, 0.717) is 11.5 Å². The summed E-state index contributed by atoms with van der Waals surface area (Å²) in [5.74, 6) is 0.390. The first-order chi connectivity index (χ1) is 9.04. The Kier molecular flexibility index (Phi) is 2.73. The molecule has 1 saturated carbocycles. The quantitative estimate of drug-likeness (QED) is 0.922. The summed E-state index contributed by atoms with van der Waals surface area (Å²) >= 11 is 0. The van der Waals surface area contributed by atoms with E-state index < -0.39 is 11.9 Å². The predicted molar refractivity (Wildman–Crippen MR) is 65.2 cm³/mol. The summed E-state index contributed by atoms with van der Waals surface area (Å²) in [6.45, 7) is 0. The first-order valence-corrected chi connectivity index (χ1v) is 6.03. The van der Waals surface area contributed by atoms with Crippen LogP contribution in [0.2, 0.25) is 0 Å². The zero-order chi connectivity index (χ0) is 13.5. The minimum atomic E-state index is -4.43. The van der Waals surface area contributed by atoms with Gasteiger partial charge in [0.25, 0.3) is 0 Å². The number of anilines is 1. The Morgan fingerprint density at radius 3 is 2.42 bits per heavy atom. The Bertz CT molecular complexity index is 571. The van der Waals surface area contributed by atoms with Crippen molar-refractivity contribution in [2.45, 2.75) is 25.1 Å². The number of nitrogens with one attached hydrogen (secondary N) is 1. The summed E-state index contributed by atoms with van der Waals surface area (Å²) in [4.78, 5) is 0. The van der Waals surface area contributed by atoms with E-state index in [1.54, 1.807) is 24.3 Å². The molecule has 19 heavy (non-hydrogen) atoms. The van der Waals surface area contributed by atoms with Crippen molar-refractivity contribution in [3.8, 4) is 5.69 Å². The maximum absolute atomic E-state index is 12.7. The van der Waals surface area contributed by atoms with Gasteiger partial charge in [0.1, 0.15) is 5.82 Å². The summed E-state index contributed by atoms with van der Waals surface area (Å²) in [7, 11) is 0. The first-order valence-electron chi connectivity index (χ1n) is 6.03. The second kappa shape index (κ2) is 4.29. The van der Waals surface area contributed by atoms with E-state index in [1.165, 1.54) is 4.68 Å². The molecule has 0 bridgehead atoms. The molecule has 3 nitrogen and oxygen atoms in total. The molecule has 1 N–H and O–H groups in total. The van der Waals surface area contributed by atoms with Crippen LogP contribution in [0.15, 0.2) is 36.4 Å². The summed E-state index contributed by atoms with van der Waals surface area (Å²) in [5.41, 5.74) is -0.263. The van der Waals surface area contributed by atoms with Crippen LogP contribution < -0.4 is 5.32 Å². The third-order valence-corrected chi connectivity index (χ3v) is 2.93. The van der Waals surface area contributed by atoms with Crippen LogP contribution in [0.1, 0.15) is 18.5 Å². The SMILES string of the molecule is FC(F)(F)c1cc(NC2CC2)n(-c2ccccc2)n1. The molecular weight excluding hydrogens is 255 g/mol. The average Bonchev–Trinajstić information content (AvgIpc) is 3.06. The van der Waals surface area contributed by atoms with Gasteiger partial charge in [0.05, 0.1) is 5.69 Å². The largest absolute Gasteiger partial charge is 0.435 e. The Labute approximate surface area is 108 Å². The highest BCUT2D eigenvalue weighted by Gasteiger charge is 2.36. The van der Waals surface area contributed by atoms with Crippen LogP contribution in [0.3, 0.4) is 0 Å². The second-order valence-corrected chi connectivity index (χ2v) is 4.58. The minimum Gasteiger partial charge on any atom is -0.367 e. The molecule has 6 heteroatoms. The fraction of sp³-hybridized carbons (Fsp3) is 0.308. The molecule has 0 atom stereocenters. The maximum atomic E-state index is 12.7. The highest BCUT2D eigenvalue weighted by molar-refractivity contribution is 5.48. The molecule has 1 aromatic carbocycles. The van der Waals surface area contributed by atoms with Gasteiger partial charge in [-0.2, -0.15) is 18.3 Å². The highest BCUT2D eigenvalue weighted by Crippen LogP contribution is 2.33. The van der Waals surface area contributed by atoms with Crippen LogP contribution in [0.4, 0.5) is 19.0 Å². The minimum absolute atomic E-state index is 0.264. The highest BCUT2D eigenvalue weighted by atomic mass is 19.4. The zero-order valence-electron chi connectivity index (χ0n) is 9.98. The molecule has 1 heterocycles. The molecule has 0 unspecified atom stereocenters. The summed E-state index contributed by atoms with van der Waals surface area (Å²) < 4.78 is 39.5. The molecule has 1 aromatic heterocycles. The zero-order valence-corrected chi connectivity index (χ0v) is 9.98. The van der Waals surface area contributed by atoms with Gasteiger partial charge >= 0.3 is 6.18 Å². The van der Waals surface area contributed by atoms with Crippen molar-refractivity contribution in [2.75, 3.05) is 5.32 Å². The molecule has 0 amide bonds. The number of rotatable bonds is 3. The van der Waals surface area contributed by atoms with E-state index in [9.17, 15) is 13.2 Å². The van der Waals surface area contributed by atoms with Gasteiger partial charge in [0, 0.05) is 12.1 Å². The molecule has 1 aliphatic rings. The van der Waals surface area contributed by atoms with Gasteiger partial charge in [-0.1, -0.05) is 18.2 Å². The van der Waals surface area contributed by atoms with Gasteiger partial charge in [0.2, 0.25) is 0 Å². The summed E-state index contributed by atoms with van der Waals surface area (Å²) in [6.07, 6.45) is -2.46. The molecule has 100 valence electrons. The fourth-order valence-electron chi connectivity index (χ4n) is 1.83. The Hall–Kier alpha value is -1.98. The Morgan fingerprint density at radius 2 is 1.84 bits per heavy atom. The van der Waals surface area contributed by atoms with E-state index in [-0.39, 0.29) is 6.04 Å². The van der Waals surface area contributed by atoms with Gasteiger partial charge in [-0.15, -0.1) is 0 Å². The molecule has 0 saturated heterocycles. The smallest absolute Gasteiger partial charge is 0.367 e. The van der Waals surface area contributed by atoms with Crippen molar-refractivity contribution in [3.05, 3.63) is 42.1 Å². The monoisotopic (exact) mass is 267 g/mol. The topological polar surface area (TPSA) is 29.9 Å². The van der Waals surface area contributed by atoms with Crippen molar-refractivity contribution in [1.82, 2.24) is 9.78 Å². The Morgan fingerprint density at radius 1 is 1.16 bits per heavy atom. The summed E-state index contributed by atoms with van der Waals surface area (Å²) in [5, 5.41) is 6.74.